The zero-order valence-corrected chi connectivity index (χ0v) is 9.13. The van der Waals surface area contributed by atoms with E-state index in [0.717, 1.165) is 12.0 Å². The molecular formula is C13H15NO2. The molecule has 1 heterocycles. The molecule has 1 fully saturated rings. The number of nitrogens with zero attached hydrogens (tertiary/aromatic N) is 1. The van der Waals surface area contributed by atoms with Crippen molar-refractivity contribution in [2.75, 3.05) is 6.61 Å². The Kier molecular flexibility index (Phi) is 3.25. The average Bonchev–Trinajstić information content (AvgIpc) is 2.64. The molecular weight excluding hydrogens is 202 g/mol. The van der Waals surface area contributed by atoms with E-state index in [1.54, 1.807) is 4.90 Å². The van der Waals surface area contributed by atoms with Crippen molar-refractivity contribution < 1.29 is 9.53 Å². The summed E-state index contributed by atoms with van der Waals surface area (Å²) in [6.07, 6.45) is 2.37. The molecule has 0 radical (unpaired) electrons. The summed E-state index contributed by atoms with van der Waals surface area (Å²) >= 11 is 0. The molecule has 3 nitrogen and oxygen atoms in total. The highest BCUT2D eigenvalue weighted by Crippen LogP contribution is 2.18. The highest BCUT2D eigenvalue weighted by molar-refractivity contribution is 5.70. The third-order valence-electron chi connectivity index (χ3n) is 2.71. The van der Waals surface area contributed by atoms with E-state index in [9.17, 15) is 4.79 Å². The maximum absolute atomic E-state index is 11.5. The van der Waals surface area contributed by atoms with Gasteiger partial charge in [0.1, 0.15) is 6.61 Å². The number of hydrogen-bond donors (Lipinski definition) is 0. The van der Waals surface area contributed by atoms with Gasteiger partial charge in [-0.05, 0) is 12.0 Å². The van der Waals surface area contributed by atoms with Gasteiger partial charge in [0.05, 0.1) is 6.04 Å². The van der Waals surface area contributed by atoms with E-state index < -0.39 is 0 Å². The van der Waals surface area contributed by atoms with E-state index in [2.05, 4.69) is 6.58 Å². The Hall–Kier alpha value is -1.77. The van der Waals surface area contributed by atoms with E-state index in [-0.39, 0.29) is 12.1 Å². The van der Waals surface area contributed by atoms with Crippen LogP contribution >= 0.6 is 0 Å². The molecule has 1 atom stereocenters. The van der Waals surface area contributed by atoms with Crippen LogP contribution in [0.3, 0.4) is 0 Å². The van der Waals surface area contributed by atoms with Gasteiger partial charge in [0.15, 0.2) is 0 Å². The van der Waals surface area contributed by atoms with Gasteiger partial charge in [0, 0.05) is 6.54 Å². The number of hydrogen-bond acceptors (Lipinski definition) is 2. The molecule has 1 unspecified atom stereocenters. The van der Waals surface area contributed by atoms with Crippen molar-refractivity contribution in [3.63, 3.8) is 0 Å². The zero-order valence-electron chi connectivity index (χ0n) is 9.13. The Morgan fingerprint density at radius 1 is 1.44 bits per heavy atom. The van der Waals surface area contributed by atoms with E-state index in [0.29, 0.717) is 13.2 Å². The second-order valence-electron chi connectivity index (χ2n) is 3.87. The first-order valence-electron chi connectivity index (χ1n) is 5.39. The molecule has 0 aromatic heterocycles. The number of benzene rings is 1. The molecule has 0 aliphatic carbocycles. The van der Waals surface area contributed by atoms with E-state index in [1.165, 1.54) is 0 Å². The quantitative estimate of drug-likeness (QED) is 0.725. The molecule has 0 bridgehead atoms. The minimum atomic E-state index is -0.226. The van der Waals surface area contributed by atoms with Crippen LogP contribution in [-0.4, -0.2) is 23.6 Å². The van der Waals surface area contributed by atoms with Gasteiger partial charge < -0.3 is 4.74 Å². The predicted molar refractivity (Wildman–Crippen MR) is 61.9 cm³/mol. The van der Waals surface area contributed by atoms with Crippen molar-refractivity contribution in [3.8, 4) is 0 Å². The molecule has 1 saturated heterocycles. The second kappa shape index (κ2) is 4.84. The summed E-state index contributed by atoms with van der Waals surface area (Å²) in [6, 6.07) is 10.1. The number of cyclic esters (lactones) is 1. The van der Waals surface area contributed by atoms with Gasteiger partial charge in [0.2, 0.25) is 0 Å². The minimum absolute atomic E-state index is 0.130. The first kappa shape index (κ1) is 10.7. The second-order valence-corrected chi connectivity index (χ2v) is 3.87. The molecule has 1 aromatic rings. The van der Waals surface area contributed by atoms with Crippen LogP contribution in [0.4, 0.5) is 4.79 Å². The third-order valence-corrected chi connectivity index (χ3v) is 2.71. The van der Waals surface area contributed by atoms with Gasteiger partial charge in [-0.1, -0.05) is 36.4 Å². The summed E-state index contributed by atoms with van der Waals surface area (Å²) in [5.74, 6) is 0. The van der Waals surface area contributed by atoms with Crippen molar-refractivity contribution in [3.05, 3.63) is 48.6 Å². The van der Waals surface area contributed by atoms with Gasteiger partial charge in [-0.15, -0.1) is 6.58 Å². The van der Waals surface area contributed by atoms with E-state index in [4.69, 9.17) is 4.74 Å². The molecule has 1 amide bonds. The standard InChI is InChI=1S/C13H15NO2/c1-2-6-12-10-16-13(15)14(12)9-11-7-4-3-5-8-11/h2-5,7-8,12H,1,6,9-10H2. The molecule has 1 aliphatic rings. The first-order valence-corrected chi connectivity index (χ1v) is 5.39. The van der Waals surface area contributed by atoms with Crippen LogP contribution in [0.2, 0.25) is 0 Å². The lowest BCUT2D eigenvalue weighted by atomic mass is 10.1. The zero-order chi connectivity index (χ0) is 11.4. The van der Waals surface area contributed by atoms with Gasteiger partial charge in [-0.2, -0.15) is 0 Å². The smallest absolute Gasteiger partial charge is 0.410 e. The number of amides is 1. The molecule has 1 aliphatic heterocycles. The van der Waals surface area contributed by atoms with Crippen LogP contribution in [0.25, 0.3) is 0 Å². The topological polar surface area (TPSA) is 29.5 Å². The molecule has 0 saturated carbocycles. The Morgan fingerprint density at radius 2 is 2.19 bits per heavy atom. The van der Waals surface area contributed by atoms with Crippen molar-refractivity contribution in [2.45, 2.75) is 19.0 Å². The predicted octanol–water partition coefficient (Wildman–Crippen LogP) is 2.58. The summed E-state index contributed by atoms with van der Waals surface area (Å²) in [5.41, 5.74) is 1.12. The highest BCUT2D eigenvalue weighted by Gasteiger charge is 2.31. The molecule has 84 valence electrons. The maximum Gasteiger partial charge on any atom is 0.410 e. The number of ether oxygens (including phenoxy) is 1. The van der Waals surface area contributed by atoms with Crippen molar-refractivity contribution in [2.24, 2.45) is 0 Å². The monoisotopic (exact) mass is 217 g/mol. The van der Waals surface area contributed by atoms with Gasteiger partial charge >= 0.3 is 6.09 Å². The van der Waals surface area contributed by atoms with Gasteiger partial charge in [-0.3, -0.25) is 4.90 Å². The third kappa shape index (κ3) is 2.24. The Labute approximate surface area is 95.3 Å². The maximum atomic E-state index is 11.5. The fourth-order valence-corrected chi connectivity index (χ4v) is 1.85. The lowest BCUT2D eigenvalue weighted by molar-refractivity contribution is 0.156. The number of rotatable bonds is 4. The van der Waals surface area contributed by atoms with Gasteiger partial charge in [0.25, 0.3) is 0 Å². The van der Waals surface area contributed by atoms with Crippen molar-refractivity contribution in [1.82, 2.24) is 4.90 Å². The molecule has 0 N–H and O–H groups in total. The largest absolute Gasteiger partial charge is 0.447 e. The minimum Gasteiger partial charge on any atom is -0.447 e. The SMILES string of the molecule is C=CCC1COC(=O)N1Cc1ccccc1. The molecule has 3 heteroatoms. The van der Waals surface area contributed by atoms with Crippen LogP contribution in [-0.2, 0) is 11.3 Å². The Morgan fingerprint density at radius 3 is 2.88 bits per heavy atom. The Bertz CT molecular complexity index is 375. The lowest BCUT2D eigenvalue weighted by Crippen LogP contribution is -2.32. The van der Waals surface area contributed by atoms with Crippen LogP contribution in [0, 0.1) is 0 Å². The summed E-state index contributed by atoms with van der Waals surface area (Å²) in [4.78, 5) is 13.3. The molecule has 16 heavy (non-hydrogen) atoms. The molecule has 0 spiro atoms. The fourth-order valence-electron chi connectivity index (χ4n) is 1.85. The lowest BCUT2D eigenvalue weighted by Gasteiger charge is -2.20. The van der Waals surface area contributed by atoms with Crippen molar-refractivity contribution >= 4 is 6.09 Å². The van der Waals surface area contributed by atoms with Crippen LogP contribution < -0.4 is 0 Å². The summed E-state index contributed by atoms with van der Waals surface area (Å²) in [5, 5.41) is 0. The van der Waals surface area contributed by atoms with Gasteiger partial charge in [-0.25, -0.2) is 4.79 Å². The highest BCUT2D eigenvalue weighted by atomic mass is 16.6. The summed E-state index contributed by atoms with van der Waals surface area (Å²) in [6.45, 7) is 4.78. The summed E-state index contributed by atoms with van der Waals surface area (Å²) < 4.78 is 5.04. The Balaban J connectivity index is 2.07. The van der Waals surface area contributed by atoms with E-state index in [1.807, 2.05) is 36.4 Å². The first-order chi connectivity index (χ1) is 7.81. The van der Waals surface area contributed by atoms with Crippen molar-refractivity contribution in [1.29, 1.82) is 0 Å². The van der Waals surface area contributed by atoms with E-state index >= 15 is 0 Å². The molecule has 2 rings (SSSR count). The van der Waals surface area contributed by atoms with Crippen LogP contribution in [0.5, 0.6) is 0 Å². The fraction of sp³-hybridized carbons (Fsp3) is 0.308. The molecule has 1 aromatic carbocycles. The summed E-state index contributed by atoms with van der Waals surface area (Å²) in [7, 11) is 0. The van der Waals surface area contributed by atoms with Crippen LogP contribution in [0.1, 0.15) is 12.0 Å². The average molecular weight is 217 g/mol. The normalized spacial score (nSPS) is 19.6. The van der Waals surface area contributed by atoms with Crippen LogP contribution in [0.15, 0.2) is 43.0 Å². The number of carbonyl (C=O) groups excluding carboxylic acids is 1. The number of carbonyl (C=O) groups is 1.